The average Bonchev–Trinajstić information content (AvgIpc) is 3.11. The van der Waals surface area contributed by atoms with Gasteiger partial charge in [-0.1, -0.05) is 28.1 Å². The number of anilines is 1. The lowest BCUT2D eigenvalue weighted by Crippen LogP contribution is -2.24. The van der Waals surface area contributed by atoms with E-state index in [-0.39, 0.29) is 12.4 Å². The Morgan fingerprint density at radius 2 is 2.14 bits per heavy atom. The average molecular weight is 389 g/mol. The van der Waals surface area contributed by atoms with Gasteiger partial charge in [-0.25, -0.2) is 4.98 Å². The molecule has 0 radical (unpaired) electrons. The van der Waals surface area contributed by atoms with E-state index in [4.69, 9.17) is 5.73 Å². The molecule has 0 unspecified atom stereocenters. The van der Waals surface area contributed by atoms with Crippen LogP contribution in [0, 0.1) is 5.92 Å². The minimum absolute atomic E-state index is 0. The van der Waals surface area contributed by atoms with Gasteiger partial charge in [0.1, 0.15) is 0 Å². The van der Waals surface area contributed by atoms with E-state index in [0.717, 1.165) is 23.5 Å². The topological polar surface area (TPSA) is 42.1 Å². The first-order chi connectivity index (χ1) is 9.69. The van der Waals surface area contributed by atoms with Crippen LogP contribution >= 0.6 is 39.7 Å². The molecular formula is C15H19BrClN3S. The lowest BCUT2D eigenvalue weighted by Gasteiger charge is -2.21. The van der Waals surface area contributed by atoms with Crippen LogP contribution < -0.4 is 5.73 Å². The molecular weight excluding hydrogens is 370 g/mol. The van der Waals surface area contributed by atoms with Crippen LogP contribution in [0.4, 0.5) is 5.13 Å². The van der Waals surface area contributed by atoms with Gasteiger partial charge in [0.15, 0.2) is 5.13 Å². The number of halogens is 2. The number of nitrogens with zero attached hydrogens (tertiary/aromatic N) is 2. The van der Waals surface area contributed by atoms with Gasteiger partial charge >= 0.3 is 0 Å². The molecule has 6 heteroatoms. The Bertz CT molecular complexity index is 586. The van der Waals surface area contributed by atoms with Gasteiger partial charge in [-0.2, -0.15) is 0 Å². The van der Waals surface area contributed by atoms with Gasteiger partial charge in [-0.3, -0.25) is 4.90 Å². The first-order valence-electron chi connectivity index (χ1n) is 6.86. The minimum atomic E-state index is 0. The second kappa shape index (κ2) is 7.58. The van der Waals surface area contributed by atoms with Gasteiger partial charge < -0.3 is 5.73 Å². The van der Waals surface area contributed by atoms with Crippen LogP contribution in [0.25, 0.3) is 0 Å². The summed E-state index contributed by atoms with van der Waals surface area (Å²) in [5.41, 5.74) is 7.07. The fourth-order valence-corrected chi connectivity index (χ4v) is 3.53. The highest BCUT2D eigenvalue weighted by molar-refractivity contribution is 9.10. The highest BCUT2D eigenvalue weighted by atomic mass is 79.9. The summed E-state index contributed by atoms with van der Waals surface area (Å²) in [7, 11) is 0. The zero-order valence-electron chi connectivity index (χ0n) is 11.7. The van der Waals surface area contributed by atoms with Crippen molar-refractivity contribution in [1.82, 2.24) is 9.88 Å². The van der Waals surface area contributed by atoms with Gasteiger partial charge in [0.2, 0.25) is 0 Å². The summed E-state index contributed by atoms with van der Waals surface area (Å²) in [4.78, 5) is 7.90. The Morgan fingerprint density at radius 1 is 1.33 bits per heavy atom. The van der Waals surface area contributed by atoms with Gasteiger partial charge in [-0.05, 0) is 36.5 Å². The SMILES string of the molecule is Cl.Nc1ncc(CN(Cc2cccc(Br)c2)CC2CC2)s1. The maximum Gasteiger partial charge on any atom is 0.180 e. The summed E-state index contributed by atoms with van der Waals surface area (Å²) in [5.74, 6) is 0.882. The van der Waals surface area contributed by atoms with Crippen molar-refractivity contribution in [2.45, 2.75) is 25.9 Å². The molecule has 1 aliphatic rings. The monoisotopic (exact) mass is 387 g/mol. The van der Waals surface area contributed by atoms with E-state index in [1.165, 1.54) is 29.8 Å². The first kappa shape index (κ1) is 16.7. The predicted octanol–water partition coefficient (Wildman–Crippen LogP) is 4.32. The van der Waals surface area contributed by atoms with Gasteiger partial charge in [0.25, 0.3) is 0 Å². The molecule has 1 aromatic carbocycles. The number of aromatic nitrogens is 1. The zero-order chi connectivity index (χ0) is 13.9. The molecule has 0 saturated heterocycles. The summed E-state index contributed by atoms with van der Waals surface area (Å²) in [6.07, 6.45) is 4.65. The van der Waals surface area contributed by atoms with Crippen LogP contribution in [0.1, 0.15) is 23.3 Å². The van der Waals surface area contributed by atoms with Crippen LogP contribution in [-0.2, 0) is 13.1 Å². The molecule has 2 aromatic rings. The molecule has 0 atom stereocenters. The number of nitrogens with two attached hydrogens (primary N) is 1. The number of benzene rings is 1. The second-order valence-corrected chi connectivity index (χ2v) is 7.47. The normalized spacial score (nSPS) is 14.2. The van der Waals surface area contributed by atoms with Crippen LogP contribution in [0.15, 0.2) is 34.9 Å². The predicted molar refractivity (Wildman–Crippen MR) is 94.8 cm³/mol. The second-order valence-electron chi connectivity index (χ2n) is 5.41. The van der Waals surface area contributed by atoms with Crippen LogP contribution in [0.5, 0.6) is 0 Å². The Balaban J connectivity index is 0.00000161. The Hall–Kier alpha value is -0.620. The third kappa shape index (κ3) is 5.25. The Labute approximate surface area is 144 Å². The van der Waals surface area contributed by atoms with E-state index in [9.17, 15) is 0 Å². The lowest BCUT2D eigenvalue weighted by molar-refractivity contribution is 0.248. The van der Waals surface area contributed by atoms with Crippen LogP contribution in [-0.4, -0.2) is 16.4 Å². The van der Waals surface area contributed by atoms with Gasteiger partial charge in [0, 0.05) is 35.2 Å². The molecule has 1 aromatic heterocycles. The maximum atomic E-state index is 5.72. The molecule has 1 fully saturated rings. The molecule has 1 heterocycles. The van der Waals surface area contributed by atoms with Crippen molar-refractivity contribution in [3.8, 4) is 0 Å². The van der Waals surface area contributed by atoms with Crippen LogP contribution in [0.3, 0.4) is 0 Å². The molecule has 0 spiro atoms. The lowest BCUT2D eigenvalue weighted by atomic mass is 10.2. The van der Waals surface area contributed by atoms with Crippen molar-refractivity contribution in [1.29, 1.82) is 0 Å². The fraction of sp³-hybridized carbons (Fsp3) is 0.400. The Kier molecular flexibility index (Phi) is 6.05. The number of hydrogen-bond donors (Lipinski definition) is 1. The van der Waals surface area contributed by atoms with Crippen molar-refractivity contribution < 1.29 is 0 Å². The summed E-state index contributed by atoms with van der Waals surface area (Å²) in [6.45, 7) is 3.09. The summed E-state index contributed by atoms with van der Waals surface area (Å²) < 4.78 is 1.14. The molecule has 0 amide bonds. The smallest absolute Gasteiger partial charge is 0.180 e. The highest BCUT2D eigenvalue weighted by Gasteiger charge is 2.24. The number of thiazole rings is 1. The fourth-order valence-electron chi connectivity index (χ4n) is 2.36. The van der Waals surface area contributed by atoms with Crippen molar-refractivity contribution in [3.63, 3.8) is 0 Å². The van der Waals surface area contributed by atoms with Crippen molar-refractivity contribution in [2.75, 3.05) is 12.3 Å². The maximum absolute atomic E-state index is 5.72. The third-order valence-electron chi connectivity index (χ3n) is 3.46. The van der Waals surface area contributed by atoms with Crippen molar-refractivity contribution in [2.24, 2.45) is 5.92 Å². The molecule has 2 N–H and O–H groups in total. The first-order valence-corrected chi connectivity index (χ1v) is 8.47. The number of rotatable bonds is 6. The van der Waals surface area contributed by atoms with E-state index in [0.29, 0.717) is 5.13 Å². The summed E-state index contributed by atoms with van der Waals surface area (Å²) in [5, 5.41) is 0.661. The molecule has 3 rings (SSSR count). The molecule has 1 aliphatic carbocycles. The van der Waals surface area contributed by atoms with E-state index < -0.39 is 0 Å². The van der Waals surface area contributed by atoms with E-state index in [1.807, 2.05) is 6.20 Å². The quantitative estimate of drug-likeness (QED) is 0.801. The molecule has 1 saturated carbocycles. The summed E-state index contributed by atoms with van der Waals surface area (Å²) >= 11 is 5.14. The largest absolute Gasteiger partial charge is 0.375 e. The van der Waals surface area contributed by atoms with E-state index in [1.54, 1.807) is 11.3 Å². The molecule has 0 bridgehead atoms. The van der Waals surface area contributed by atoms with Crippen LogP contribution in [0.2, 0.25) is 0 Å². The van der Waals surface area contributed by atoms with Crippen molar-refractivity contribution in [3.05, 3.63) is 45.4 Å². The molecule has 21 heavy (non-hydrogen) atoms. The van der Waals surface area contributed by atoms with Crippen molar-refractivity contribution >= 4 is 44.8 Å². The van der Waals surface area contributed by atoms with E-state index >= 15 is 0 Å². The molecule has 0 aliphatic heterocycles. The summed E-state index contributed by atoms with van der Waals surface area (Å²) in [6, 6.07) is 8.55. The minimum Gasteiger partial charge on any atom is -0.375 e. The number of hydrogen-bond acceptors (Lipinski definition) is 4. The molecule has 114 valence electrons. The highest BCUT2D eigenvalue weighted by Crippen LogP contribution is 2.31. The molecule has 3 nitrogen and oxygen atoms in total. The van der Waals surface area contributed by atoms with Gasteiger partial charge in [-0.15, -0.1) is 23.7 Å². The third-order valence-corrected chi connectivity index (χ3v) is 4.76. The zero-order valence-corrected chi connectivity index (χ0v) is 14.9. The van der Waals surface area contributed by atoms with E-state index in [2.05, 4.69) is 50.1 Å². The van der Waals surface area contributed by atoms with Gasteiger partial charge in [0.05, 0.1) is 0 Å². The Morgan fingerprint density at radius 3 is 2.76 bits per heavy atom. The number of nitrogen functional groups attached to an aromatic ring is 1. The standard InChI is InChI=1S/C15H18BrN3S.ClH/c16-13-3-1-2-12(6-13)9-19(8-11-4-5-11)10-14-7-18-15(17)20-14;/h1-3,6-7,11H,4-5,8-10H2,(H2,17,18);1H.